The summed E-state index contributed by atoms with van der Waals surface area (Å²) in [6.45, 7) is 10.6. The maximum atomic E-state index is 13.3. The van der Waals surface area contributed by atoms with E-state index in [9.17, 15) is 18.0 Å². The number of fused-ring (bicyclic) bond motifs is 1. The van der Waals surface area contributed by atoms with Gasteiger partial charge >= 0.3 is 6.18 Å². The average Bonchev–Trinajstić information content (AvgIpc) is 3.16. The molecule has 4 rings (SSSR count). The number of carbonyl (C=O) groups is 1. The maximum Gasteiger partial charge on any atom is 0.416 e. The van der Waals surface area contributed by atoms with Crippen molar-refractivity contribution in [3.63, 3.8) is 0 Å². The molecule has 1 heterocycles. The van der Waals surface area contributed by atoms with E-state index < -0.39 is 17.6 Å². The molecule has 0 bridgehead atoms. The van der Waals surface area contributed by atoms with E-state index in [2.05, 4.69) is 4.99 Å². The Morgan fingerprint density at radius 1 is 0.886 bits per heavy atom. The van der Waals surface area contributed by atoms with Gasteiger partial charge in [0.2, 0.25) is 0 Å². The molecular weight excluding hydrogens is 453 g/mol. The van der Waals surface area contributed by atoms with E-state index in [1.807, 2.05) is 40.7 Å². The minimum atomic E-state index is -4.49. The molecule has 35 heavy (non-hydrogen) atoms. The van der Waals surface area contributed by atoms with Gasteiger partial charge in [-0.05, 0) is 42.8 Å². The zero-order valence-corrected chi connectivity index (χ0v) is 20.7. The number of amides is 1. The lowest BCUT2D eigenvalue weighted by molar-refractivity contribution is -0.137. The van der Waals surface area contributed by atoms with Gasteiger partial charge in [0.05, 0.1) is 29.2 Å². The van der Waals surface area contributed by atoms with Gasteiger partial charge in [-0.15, -0.1) is 0 Å². The van der Waals surface area contributed by atoms with Gasteiger partial charge in [0.15, 0.2) is 0 Å². The quantitative estimate of drug-likeness (QED) is 0.365. The normalized spacial score (nSPS) is 13.4. The predicted octanol–water partition coefficient (Wildman–Crippen LogP) is 8.35. The summed E-state index contributed by atoms with van der Waals surface area (Å²) in [5.41, 5.74) is 1.12. The van der Waals surface area contributed by atoms with Crippen molar-refractivity contribution < 1.29 is 22.7 Å². The van der Waals surface area contributed by atoms with Crippen molar-refractivity contribution in [1.82, 2.24) is 0 Å². The number of hydrogen-bond donors (Lipinski definition) is 0. The first-order valence-corrected chi connectivity index (χ1v) is 11.8. The predicted molar refractivity (Wildman–Crippen MR) is 136 cm³/mol. The Morgan fingerprint density at radius 3 is 2.26 bits per heavy atom. The van der Waals surface area contributed by atoms with Crippen LogP contribution in [0.5, 0.6) is 5.75 Å². The third kappa shape index (κ3) is 6.50. The summed E-state index contributed by atoms with van der Waals surface area (Å²) in [6, 6.07) is 18.8. The summed E-state index contributed by atoms with van der Waals surface area (Å²) >= 11 is 0. The molecule has 3 aromatic carbocycles. The highest BCUT2D eigenvalue weighted by molar-refractivity contribution is 6.56. The number of halogens is 3. The van der Waals surface area contributed by atoms with Gasteiger partial charge in [0, 0.05) is 11.6 Å². The topological polar surface area (TPSA) is 41.9 Å². The van der Waals surface area contributed by atoms with Crippen LogP contribution >= 0.6 is 0 Å². The van der Waals surface area contributed by atoms with Crippen LogP contribution in [-0.4, -0.2) is 18.2 Å². The maximum absolute atomic E-state index is 13.3. The molecule has 1 amide bonds. The number of para-hydroxylation sites is 1. The molecule has 0 N–H and O–H groups in total. The Hall–Kier alpha value is -3.61. The van der Waals surface area contributed by atoms with Gasteiger partial charge in [-0.1, -0.05) is 65.0 Å². The number of hydrogen-bond acceptors (Lipinski definition) is 3. The molecule has 0 saturated carbocycles. The number of alkyl halides is 3. The second-order valence-corrected chi connectivity index (χ2v) is 7.01. The fraction of sp³-hybridized carbons (Fsp3) is 0.286. The second kappa shape index (κ2) is 12.7. The van der Waals surface area contributed by atoms with Crippen molar-refractivity contribution in [2.24, 2.45) is 4.99 Å². The van der Waals surface area contributed by atoms with Crippen LogP contribution in [0.3, 0.4) is 0 Å². The highest BCUT2D eigenvalue weighted by Crippen LogP contribution is 2.38. The van der Waals surface area contributed by atoms with Crippen LogP contribution < -0.4 is 9.64 Å². The van der Waals surface area contributed by atoms with Crippen LogP contribution in [0.25, 0.3) is 0 Å². The van der Waals surface area contributed by atoms with E-state index in [0.717, 1.165) is 18.6 Å². The number of ether oxygens (including phenoxy) is 1. The summed E-state index contributed by atoms with van der Waals surface area (Å²) in [6.07, 6.45) is -3.64. The van der Waals surface area contributed by atoms with Crippen LogP contribution in [-0.2, 0) is 11.0 Å². The van der Waals surface area contributed by atoms with E-state index in [4.69, 9.17) is 4.74 Å². The van der Waals surface area contributed by atoms with Gasteiger partial charge in [-0.2, -0.15) is 13.2 Å². The van der Waals surface area contributed by atoms with E-state index in [1.165, 1.54) is 17.0 Å². The first kappa shape index (κ1) is 27.6. The Bertz CT molecular complexity index is 1160. The molecule has 7 heteroatoms. The summed E-state index contributed by atoms with van der Waals surface area (Å²) in [5.74, 6) is 0.221. The largest absolute Gasteiger partial charge is 0.494 e. The van der Waals surface area contributed by atoms with Crippen LogP contribution in [0.2, 0.25) is 0 Å². The summed E-state index contributed by atoms with van der Waals surface area (Å²) in [4.78, 5) is 19.1. The molecule has 0 fully saturated rings. The first-order chi connectivity index (χ1) is 16.9. The molecule has 0 spiro atoms. The van der Waals surface area contributed by atoms with Crippen molar-refractivity contribution in [3.05, 3.63) is 83.9 Å². The molecule has 1 aliphatic rings. The molecule has 3 aromatic rings. The number of carbonyl (C=O) groups excluding carboxylic acids is 1. The molecule has 0 unspecified atom stereocenters. The first-order valence-electron chi connectivity index (χ1n) is 11.8. The molecule has 0 aliphatic carbocycles. The van der Waals surface area contributed by atoms with Gasteiger partial charge in [-0.3, -0.25) is 9.69 Å². The van der Waals surface area contributed by atoms with E-state index in [0.29, 0.717) is 29.3 Å². The van der Waals surface area contributed by atoms with E-state index in [1.54, 1.807) is 42.5 Å². The second-order valence-electron chi connectivity index (χ2n) is 7.01. The lowest BCUT2D eigenvalue weighted by atomic mass is 10.1. The van der Waals surface area contributed by atoms with Gasteiger partial charge in [-0.25, -0.2) is 4.99 Å². The minimum absolute atomic E-state index is 0.0647. The fourth-order valence-electron chi connectivity index (χ4n) is 3.38. The highest BCUT2D eigenvalue weighted by atomic mass is 19.4. The van der Waals surface area contributed by atoms with Gasteiger partial charge < -0.3 is 4.74 Å². The Balaban J connectivity index is 0.00000103. The molecule has 186 valence electrons. The highest BCUT2D eigenvalue weighted by Gasteiger charge is 2.35. The van der Waals surface area contributed by atoms with Crippen molar-refractivity contribution in [1.29, 1.82) is 0 Å². The molecule has 0 atom stereocenters. The molecule has 4 nitrogen and oxygen atoms in total. The molecule has 0 saturated heterocycles. The standard InChI is InChI=1S/C24H19F3N2O2.2C2H6/c1-2-13-31-19-10-6-9-18(15-19)29-21-12-4-3-11-20(21)22(23(29)30)28-17-8-5-7-16(14-17)24(25,26)27;2*1-2/h3-12,14-15H,2,13H2,1H3;2*1-2H3. The van der Waals surface area contributed by atoms with E-state index >= 15 is 0 Å². The smallest absolute Gasteiger partial charge is 0.416 e. The number of benzene rings is 3. The van der Waals surface area contributed by atoms with Crippen LogP contribution in [0, 0.1) is 0 Å². The average molecular weight is 485 g/mol. The van der Waals surface area contributed by atoms with Crippen LogP contribution in [0.1, 0.15) is 52.2 Å². The Kier molecular flexibility index (Phi) is 10.1. The van der Waals surface area contributed by atoms with E-state index in [-0.39, 0.29) is 11.4 Å². The lowest BCUT2D eigenvalue weighted by Gasteiger charge is -2.18. The van der Waals surface area contributed by atoms with Crippen molar-refractivity contribution in [2.45, 2.75) is 47.2 Å². The zero-order chi connectivity index (χ0) is 26.0. The fourth-order valence-corrected chi connectivity index (χ4v) is 3.38. The Labute approximate surface area is 205 Å². The SMILES string of the molecule is CC.CC.CCCOc1cccc(N2C(=O)C(=Nc3cccc(C(F)(F)F)c3)c3ccccc32)c1. The summed E-state index contributed by atoms with van der Waals surface area (Å²) in [7, 11) is 0. The van der Waals surface area contributed by atoms with Crippen molar-refractivity contribution >= 4 is 28.7 Å². The number of anilines is 2. The number of nitrogens with zero attached hydrogens (tertiary/aromatic N) is 2. The Morgan fingerprint density at radius 2 is 1.57 bits per heavy atom. The van der Waals surface area contributed by atoms with Gasteiger partial charge in [0.25, 0.3) is 5.91 Å². The molecule has 1 aliphatic heterocycles. The number of aliphatic imine (C=N–C) groups is 1. The van der Waals surface area contributed by atoms with Gasteiger partial charge in [0.1, 0.15) is 11.5 Å². The van der Waals surface area contributed by atoms with Crippen LogP contribution in [0.4, 0.5) is 30.2 Å². The lowest BCUT2D eigenvalue weighted by Crippen LogP contribution is -2.25. The van der Waals surface area contributed by atoms with Crippen LogP contribution in [0.15, 0.2) is 77.8 Å². The minimum Gasteiger partial charge on any atom is -0.494 e. The third-order valence-corrected chi connectivity index (χ3v) is 4.77. The molecular formula is C28H31F3N2O2. The van der Waals surface area contributed by atoms with Crippen molar-refractivity contribution in [2.75, 3.05) is 11.5 Å². The van der Waals surface area contributed by atoms with Crippen molar-refractivity contribution in [3.8, 4) is 5.75 Å². The zero-order valence-electron chi connectivity index (χ0n) is 20.7. The summed E-state index contributed by atoms with van der Waals surface area (Å²) in [5, 5.41) is 0. The summed E-state index contributed by atoms with van der Waals surface area (Å²) < 4.78 is 44.9. The monoisotopic (exact) mass is 484 g/mol. The molecule has 0 aromatic heterocycles. The molecule has 0 radical (unpaired) electrons. The number of rotatable bonds is 5. The third-order valence-electron chi connectivity index (χ3n) is 4.77.